The van der Waals surface area contributed by atoms with Crippen LogP contribution in [0, 0.1) is 0 Å². The van der Waals surface area contributed by atoms with Gasteiger partial charge >= 0.3 is 0 Å². The molecule has 2 aromatic rings. The number of anilines is 2. The molecular formula is C12H19BrN6. The number of aromatic nitrogens is 3. The zero-order chi connectivity index (χ0) is 13.7. The molecule has 3 rings (SSSR count). The lowest BCUT2D eigenvalue weighted by atomic mass is 10.4. The number of nitrogen functional groups attached to an aromatic ring is 1. The molecule has 0 amide bonds. The van der Waals surface area contributed by atoms with E-state index >= 15 is 0 Å². The third kappa shape index (κ3) is 3.57. The van der Waals surface area contributed by atoms with Crippen molar-refractivity contribution < 1.29 is 0 Å². The Labute approximate surface area is 120 Å². The van der Waals surface area contributed by atoms with Gasteiger partial charge in [0.2, 0.25) is 0 Å². The summed E-state index contributed by atoms with van der Waals surface area (Å²) in [5.41, 5.74) is 6.52. The van der Waals surface area contributed by atoms with E-state index in [-0.39, 0.29) is 0 Å². The Morgan fingerprint density at radius 1 is 1.47 bits per heavy atom. The second-order valence-electron chi connectivity index (χ2n) is 4.28. The first-order chi connectivity index (χ1) is 9.22. The van der Waals surface area contributed by atoms with Crippen molar-refractivity contribution >= 4 is 33.2 Å². The number of rotatable bonds is 2. The number of halogens is 1. The minimum Gasteiger partial charge on any atom is -0.383 e. The minimum atomic E-state index is 0.566. The monoisotopic (exact) mass is 326 g/mol. The van der Waals surface area contributed by atoms with Crippen molar-refractivity contribution in [2.75, 3.05) is 30.7 Å². The highest BCUT2D eigenvalue weighted by atomic mass is 79.9. The predicted octanol–water partition coefficient (Wildman–Crippen LogP) is 1.88. The van der Waals surface area contributed by atoms with Crippen molar-refractivity contribution in [2.24, 2.45) is 0 Å². The molecule has 1 fully saturated rings. The van der Waals surface area contributed by atoms with E-state index in [1.54, 1.807) is 16.8 Å². The van der Waals surface area contributed by atoms with E-state index < -0.39 is 0 Å². The van der Waals surface area contributed by atoms with Crippen LogP contribution in [0.3, 0.4) is 0 Å². The van der Waals surface area contributed by atoms with Gasteiger partial charge in [0, 0.05) is 12.6 Å². The summed E-state index contributed by atoms with van der Waals surface area (Å²) in [6.45, 7) is 5.32. The average molecular weight is 327 g/mol. The molecule has 1 aliphatic rings. The lowest BCUT2D eigenvalue weighted by Gasteiger charge is -2.04. The number of nitrogens with zero attached hydrogens (tertiary/aromatic N) is 3. The normalized spacial score (nSPS) is 14.2. The number of nitrogens with one attached hydrogen (secondary N) is 2. The Hall–Kier alpha value is -1.34. The second kappa shape index (κ2) is 6.72. The highest BCUT2D eigenvalue weighted by Gasteiger charge is 2.06. The molecule has 7 heteroatoms. The molecule has 0 radical (unpaired) electrons. The molecule has 0 atom stereocenters. The van der Waals surface area contributed by atoms with Gasteiger partial charge in [-0.2, -0.15) is 9.61 Å². The van der Waals surface area contributed by atoms with Crippen molar-refractivity contribution in [1.29, 1.82) is 0 Å². The Morgan fingerprint density at radius 2 is 2.21 bits per heavy atom. The zero-order valence-corrected chi connectivity index (χ0v) is 12.6. The fourth-order valence-corrected chi connectivity index (χ4v) is 2.20. The van der Waals surface area contributed by atoms with Gasteiger partial charge in [-0.05, 0) is 48.8 Å². The van der Waals surface area contributed by atoms with E-state index in [4.69, 9.17) is 5.73 Å². The summed E-state index contributed by atoms with van der Waals surface area (Å²) >= 11 is 3.36. The van der Waals surface area contributed by atoms with Crippen molar-refractivity contribution in [2.45, 2.75) is 19.8 Å². The molecule has 1 saturated heterocycles. The average Bonchev–Trinajstić information content (AvgIpc) is 3.04. The molecule has 19 heavy (non-hydrogen) atoms. The maximum atomic E-state index is 5.80. The second-order valence-corrected chi connectivity index (χ2v) is 5.14. The quantitative estimate of drug-likeness (QED) is 0.785. The largest absolute Gasteiger partial charge is 0.383 e. The molecule has 0 bridgehead atoms. The predicted molar refractivity (Wildman–Crippen MR) is 81.4 cm³/mol. The SMILES string of the molecule is C1CCNC1.CCNc1cc(N)n2ncc(Br)c2n1. The summed E-state index contributed by atoms with van der Waals surface area (Å²) in [4.78, 5) is 4.35. The van der Waals surface area contributed by atoms with E-state index in [9.17, 15) is 0 Å². The first-order valence-electron chi connectivity index (χ1n) is 6.46. The lowest BCUT2D eigenvalue weighted by molar-refractivity contribution is 0.857. The fraction of sp³-hybridized carbons (Fsp3) is 0.500. The molecule has 4 N–H and O–H groups in total. The molecule has 3 heterocycles. The number of nitrogens with two attached hydrogens (primary N) is 1. The van der Waals surface area contributed by atoms with Crippen LogP contribution in [0.1, 0.15) is 19.8 Å². The molecule has 0 aromatic carbocycles. The van der Waals surface area contributed by atoms with Gasteiger partial charge in [0.25, 0.3) is 0 Å². The topological polar surface area (TPSA) is 80.3 Å². The molecule has 6 nitrogen and oxygen atoms in total. The number of fused-ring (bicyclic) bond motifs is 1. The van der Waals surface area contributed by atoms with Crippen LogP contribution in [0.15, 0.2) is 16.7 Å². The third-order valence-electron chi connectivity index (χ3n) is 2.77. The Kier molecular flexibility index (Phi) is 4.98. The van der Waals surface area contributed by atoms with Crippen molar-refractivity contribution in [3.05, 3.63) is 16.7 Å². The van der Waals surface area contributed by atoms with Crippen LogP contribution in [-0.4, -0.2) is 34.2 Å². The smallest absolute Gasteiger partial charge is 0.173 e. The molecule has 0 aliphatic carbocycles. The summed E-state index contributed by atoms with van der Waals surface area (Å²) in [5, 5.41) is 10.4. The van der Waals surface area contributed by atoms with Gasteiger partial charge in [0.1, 0.15) is 11.6 Å². The molecule has 0 spiro atoms. The highest BCUT2D eigenvalue weighted by Crippen LogP contribution is 2.20. The molecule has 2 aromatic heterocycles. The van der Waals surface area contributed by atoms with Gasteiger partial charge in [-0.15, -0.1) is 0 Å². The van der Waals surface area contributed by atoms with Crippen molar-refractivity contribution in [3.63, 3.8) is 0 Å². The van der Waals surface area contributed by atoms with E-state index in [2.05, 4.69) is 36.6 Å². The van der Waals surface area contributed by atoms with E-state index in [1.165, 1.54) is 25.9 Å². The Morgan fingerprint density at radius 3 is 2.79 bits per heavy atom. The molecule has 1 aliphatic heterocycles. The molecular weight excluding hydrogens is 308 g/mol. The fourth-order valence-electron chi connectivity index (χ4n) is 1.86. The van der Waals surface area contributed by atoms with Crippen LogP contribution in [-0.2, 0) is 0 Å². The van der Waals surface area contributed by atoms with Crippen molar-refractivity contribution in [1.82, 2.24) is 19.9 Å². The van der Waals surface area contributed by atoms with E-state index in [0.29, 0.717) is 5.82 Å². The molecule has 0 unspecified atom stereocenters. The maximum absolute atomic E-state index is 5.80. The van der Waals surface area contributed by atoms with E-state index in [0.717, 1.165) is 22.5 Å². The summed E-state index contributed by atoms with van der Waals surface area (Å²) in [6.07, 6.45) is 4.45. The Balaban J connectivity index is 0.000000224. The first kappa shape index (κ1) is 14.1. The van der Waals surface area contributed by atoms with Crippen LogP contribution in [0.2, 0.25) is 0 Å². The highest BCUT2D eigenvalue weighted by molar-refractivity contribution is 9.10. The van der Waals surface area contributed by atoms with Gasteiger partial charge in [-0.25, -0.2) is 4.98 Å². The van der Waals surface area contributed by atoms with Crippen molar-refractivity contribution in [3.8, 4) is 0 Å². The number of hydrogen-bond acceptors (Lipinski definition) is 5. The molecule has 104 valence electrons. The van der Waals surface area contributed by atoms with Gasteiger partial charge in [0.05, 0.1) is 10.7 Å². The number of hydrogen-bond donors (Lipinski definition) is 3. The standard InChI is InChI=1S/C8H10BrN5.C4H9N/c1-2-11-7-3-6(10)14-8(13-7)5(9)4-12-14;1-2-4-5-3-1/h3-4H,2,10H2,1H3,(H,11,13);5H,1-4H2. The van der Waals surface area contributed by atoms with Gasteiger partial charge in [-0.3, -0.25) is 0 Å². The van der Waals surface area contributed by atoms with Gasteiger partial charge in [0.15, 0.2) is 5.65 Å². The summed E-state index contributed by atoms with van der Waals surface area (Å²) in [7, 11) is 0. The lowest BCUT2D eigenvalue weighted by Crippen LogP contribution is -2.05. The zero-order valence-electron chi connectivity index (χ0n) is 11.0. The Bertz CT molecular complexity index is 527. The third-order valence-corrected chi connectivity index (χ3v) is 3.33. The summed E-state index contributed by atoms with van der Waals surface area (Å²) < 4.78 is 2.43. The van der Waals surface area contributed by atoms with Crippen LogP contribution < -0.4 is 16.4 Å². The van der Waals surface area contributed by atoms with Crippen LogP contribution in [0.4, 0.5) is 11.6 Å². The van der Waals surface area contributed by atoms with E-state index in [1.807, 2.05) is 6.92 Å². The molecule has 0 saturated carbocycles. The van der Waals surface area contributed by atoms with Crippen LogP contribution >= 0.6 is 15.9 Å². The maximum Gasteiger partial charge on any atom is 0.173 e. The summed E-state index contributed by atoms with van der Waals surface area (Å²) in [6, 6.07) is 1.76. The van der Waals surface area contributed by atoms with Crippen LogP contribution in [0.5, 0.6) is 0 Å². The minimum absolute atomic E-state index is 0.566. The first-order valence-corrected chi connectivity index (χ1v) is 7.26. The van der Waals surface area contributed by atoms with Gasteiger partial charge < -0.3 is 16.4 Å². The summed E-state index contributed by atoms with van der Waals surface area (Å²) in [5.74, 6) is 1.33. The van der Waals surface area contributed by atoms with Crippen LogP contribution in [0.25, 0.3) is 5.65 Å². The van der Waals surface area contributed by atoms with Gasteiger partial charge in [-0.1, -0.05) is 0 Å².